The number of benzene rings is 1. The van der Waals surface area contributed by atoms with Crippen LogP contribution in [0.15, 0.2) is 35.6 Å². The normalized spacial score (nSPS) is 13.5. The van der Waals surface area contributed by atoms with Gasteiger partial charge in [-0.05, 0) is 37.7 Å². The van der Waals surface area contributed by atoms with Crippen molar-refractivity contribution in [3.8, 4) is 0 Å². The van der Waals surface area contributed by atoms with E-state index in [9.17, 15) is 13.2 Å². The molecule has 2 N–H and O–H groups in total. The zero-order valence-corrected chi connectivity index (χ0v) is 17.9. The molecular formula is C20H30F3N7. The molecule has 0 bridgehead atoms. The van der Waals surface area contributed by atoms with Crippen molar-refractivity contribution >= 4 is 5.96 Å². The van der Waals surface area contributed by atoms with Gasteiger partial charge in [-0.15, -0.1) is 0 Å². The summed E-state index contributed by atoms with van der Waals surface area (Å²) in [5.41, 5.74) is 0.180. The third-order valence-corrected chi connectivity index (χ3v) is 4.87. The molecule has 0 fully saturated rings. The summed E-state index contributed by atoms with van der Waals surface area (Å²) in [6, 6.07) is 5.29. The van der Waals surface area contributed by atoms with E-state index in [1.807, 2.05) is 20.8 Å². The average molecular weight is 426 g/mol. The van der Waals surface area contributed by atoms with Crippen LogP contribution in [0.1, 0.15) is 43.8 Å². The number of aryl methyl sites for hydroxylation is 1. The zero-order chi connectivity index (χ0) is 22.1. The molecule has 0 aliphatic heterocycles. The molecule has 1 unspecified atom stereocenters. The van der Waals surface area contributed by atoms with Crippen LogP contribution in [0.4, 0.5) is 13.2 Å². The minimum absolute atomic E-state index is 0.0963. The molecule has 166 valence electrons. The Kier molecular flexibility index (Phi) is 8.64. The summed E-state index contributed by atoms with van der Waals surface area (Å²) >= 11 is 0. The maximum atomic E-state index is 12.9. The first-order valence-corrected chi connectivity index (χ1v) is 10.1. The summed E-state index contributed by atoms with van der Waals surface area (Å²) in [4.78, 5) is 10.9. The largest absolute Gasteiger partial charge is 0.416 e. The van der Waals surface area contributed by atoms with Gasteiger partial charge in [0.15, 0.2) is 5.96 Å². The first-order valence-electron chi connectivity index (χ1n) is 10.1. The van der Waals surface area contributed by atoms with E-state index in [1.54, 1.807) is 23.9 Å². The summed E-state index contributed by atoms with van der Waals surface area (Å²) in [5.74, 6) is 1.35. The van der Waals surface area contributed by atoms with Crippen molar-refractivity contribution in [2.75, 3.05) is 26.2 Å². The molecule has 2 aromatic rings. The summed E-state index contributed by atoms with van der Waals surface area (Å²) in [5, 5.41) is 10.5. The molecule has 30 heavy (non-hydrogen) atoms. The minimum Gasteiger partial charge on any atom is -0.357 e. The van der Waals surface area contributed by atoms with Crippen molar-refractivity contribution in [2.45, 2.75) is 39.5 Å². The highest BCUT2D eigenvalue weighted by Gasteiger charge is 2.30. The molecule has 0 aliphatic rings. The molecule has 0 amide bonds. The highest BCUT2D eigenvalue weighted by molar-refractivity contribution is 5.79. The van der Waals surface area contributed by atoms with E-state index in [-0.39, 0.29) is 6.04 Å². The van der Waals surface area contributed by atoms with Gasteiger partial charge in [-0.3, -0.25) is 9.58 Å². The first kappa shape index (κ1) is 23.7. The summed E-state index contributed by atoms with van der Waals surface area (Å²) in [7, 11) is 1.80. The van der Waals surface area contributed by atoms with Crippen molar-refractivity contribution < 1.29 is 13.2 Å². The van der Waals surface area contributed by atoms with Gasteiger partial charge in [-0.2, -0.15) is 18.3 Å². The van der Waals surface area contributed by atoms with Gasteiger partial charge in [0.1, 0.15) is 18.7 Å². The molecule has 0 spiro atoms. The molecule has 0 radical (unpaired) electrons. The van der Waals surface area contributed by atoms with Gasteiger partial charge in [0.25, 0.3) is 0 Å². The summed E-state index contributed by atoms with van der Waals surface area (Å²) in [6.07, 6.45) is -2.86. The molecule has 0 saturated carbocycles. The van der Waals surface area contributed by atoms with Crippen LogP contribution in [-0.2, 0) is 19.8 Å². The molecule has 0 saturated heterocycles. The molecule has 0 aliphatic carbocycles. The lowest BCUT2D eigenvalue weighted by Crippen LogP contribution is -2.43. The van der Waals surface area contributed by atoms with Crippen LogP contribution in [0.3, 0.4) is 0 Å². The van der Waals surface area contributed by atoms with E-state index in [1.165, 1.54) is 6.33 Å². The molecule has 1 aromatic carbocycles. The molecule has 7 nitrogen and oxygen atoms in total. The lowest BCUT2D eigenvalue weighted by molar-refractivity contribution is -0.137. The van der Waals surface area contributed by atoms with Gasteiger partial charge in [0.05, 0.1) is 11.6 Å². The molecule has 1 atom stereocenters. The number of halogens is 3. The number of nitrogens with one attached hydrogen (secondary N) is 2. The quantitative estimate of drug-likeness (QED) is 0.478. The Morgan fingerprint density at radius 2 is 1.80 bits per heavy atom. The van der Waals surface area contributed by atoms with Crippen LogP contribution in [0.25, 0.3) is 0 Å². The van der Waals surface area contributed by atoms with E-state index < -0.39 is 11.7 Å². The van der Waals surface area contributed by atoms with E-state index in [2.05, 4.69) is 30.6 Å². The van der Waals surface area contributed by atoms with Gasteiger partial charge >= 0.3 is 6.18 Å². The Labute approximate surface area is 175 Å². The van der Waals surface area contributed by atoms with Gasteiger partial charge in [0.2, 0.25) is 0 Å². The molecule has 10 heteroatoms. The minimum atomic E-state index is -4.34. The maximum Gasteiger partial charge on any atom is 0.416 e. The van der Waals surface area contributed by atoms with Crippen molar-refractivity contribution in [1.82, 2.24) is 30.3 Å². The number of nitrogens with zero attached hydrogens (tertiary/aromatic N) is 5. The lowest BCUT2D eigenvalue weighted by atomic mass is 10.0. The number of aliphatic imine (C=N–C) groups is 1. The zero-order valence-electron chi connectivity index (χ0n) is 17.9. The van der Waals surface area contributed by atoms with Crippen LogP contribution in [0.5, 0.6) is 0 Å². The van der Waals surface area contributed by atoms with Crippen LogP contribution < -0.4 is 10.6 Å². The second-order valence-corrected chi connectivity index (χ2v) is 6.73. The Hall–Kier alpha value is -2.62. The van der Waals surface area contributed by atoms with Crippen LogP contribution in [0.2, 0.25) is 0 Å². The van der Waals surface area contributed by atoms with E-state index in [0.29, 0.717) is 25.6 Å². The van der Waals surface area contributed by atoms with Gasteiger partial charge in [0, 0.05) is 20.1 Å². The highest BCUT2D eigenvalue weighted by atomic mass is 19.4. The van der Waals surface area contributed by atoms with Crippen LogP contribution >= 0.6 is 0 Å². The Morgan fingerprint density at radius 1 is 1.13 bits per heavy atom. The number of alkyl halides is 3. The standard InChI is InChI=1S/C20H30F3N7/c1-5-24-19(26-13-18-27-14-28-29(18)4)25-12-17(30(6-2)7-3)15-8-10-16(11-9-15)20(21,22)23/h8-11,14,17H,5-7,12-13H2,1-4H3,(H2,24,25,26). The van der Waals surface area contributed by atoms with Crippen molar-refractivity contribution in [3.05, 3.63) is 47.5 Å². The van der Waals surface area contributed by atoms with Gasteiger partial charge in [-0.25, -0.2) is 9.98 Å². The Bertz CT molecular complexity index is 795. The fourth-order valence-corrected chi connectivity index (χ4v) is 3.16. The fraction of sp³-hybridized carbons (Fsp3) is 0.550. The van der Waals surface area contributed by atoms with E-state index >= 15 is 0 Å². The number of likely N-dealkylation sites (N-methyl/N-ethyl adjacent to an activating group) is 1. The fourth-order valence-electron chi connectivity index (χ4n) is 3.16. The molecule has 1 aromatic heterocycles. The summed E-state index contributed by atoms with van der Waals surface area (Å²) < 4.78 is 40.4. The molecule has 2 rings (SSSR count). The second-order valence-electron chi connectivity index (χ2n) is 6.73. The predicted molar refractivity (Wildman–Crippen MR) is 111 cm³/mol. The van der Waals surface area contributed by atoms with E-state index in [4.69, 9.17) is 0 Å². The van der Waals surface area contributed by atoms with Crippen molar-refractivity contribution in [1.29, 1.82) is 0 Å². The average Bonchev–Trinajstić information content (AvgIpc) is 3.13. The SMILES string of the molecule is CCNC(=NCc1ncnn1C)NCC(c1ccc(C(F)(F)F)cc1)N(CC)CC. The second kappa shape index (κ2) is 11.0. The predicted octanol–water partition coefficient (Wildman–Crippen LogP) is 2.97. The number of aromatic nitrogens is 3. The highest BCUT2D eigenvalue weighted by Crippen LogP contribution is 2.30. The van der Waals surface area contributed by atoms with Crippen LogP contribution in [0, 0.1) is 0 Å². The van der Waals surface area contributed by atoms with Gasteiger partial charge < -0.3 is 10.6 Å². The van der Waals surface area contributed by atoms with Crippen molar-refractivity contribution in [2.24, 2.45) is 12.0 Å². The number of guanidine groups is 1. The molecule has 1 heterocycles. The number of rotatable bonds is 9. The number of hydrogen-bond donors (Lipinski definition) is 2. The topological polar surface area (TPSA) is 70.4 Å². The summed E-state index contributed by atoms with van der Waals surface area (Å²) in [6.45, 7) is 9.13. The third-order valence-electron chi connectivity index (χ3n) is 4.87. The van der Waals surface area contributed by atoms with E-state index in [0.717, 1.165) is 36.6 Å². The van der Waals surface area contributed by atoms with Crippen molar-refractivity contribution in [3.63, 3.8) is 0 Å². The van der Waals surface area contributed by atoms with Crippen LogP contribution in [-0.4, -0.2) is 51.8 Å². The maximum absolute atomic E-state index is 12.9. The third kappa shape index (κ3) is 6.45. The lowest BCUT2D eigenvalue weighted by Gasteiger charge is -2.31. The first-order chi connectivity index (χ1) is 14.3. The van der Waals surface area contributed by atoms with Gasteiger partial charge in [-0.1, -0.05) is 26.0 Å². The molecular weight excluding hydrogens is 395 g/mol. The smallest absolute Gasteiger partial charge is 0.357 e. The Balaban J connectivity index is 2.17. The monoisotopic (exact) mass is 425 g/mol. The number of hydrogen-bond acceptors (Lipinski definition) is 4. The Morgan fingerprint density at radius 3 is 2.30 bits per heavy atom.